The monoisotopic (exact) mass is 335 g/mol. The number of benzene rings is 1. The molecule has 0 aliphatic rings. The van der Waals surface area contributed by atoms with Crippen molar-refractivity contribution in [1.82, 2.24) is 9.88 Å². The van der Waals surface area contributed by atoms with E-state index in [1.807, 2.05) is 19.1 Å². The number of rotatable bonds is 4. The standard InChI is InChI=1S/C16H18FN3O2S/c1-11(12-6-8-18-9-7-12)20(2)16(21)19-13-4-5-15(23(3)22)14(17)10-13/h4-11H,1-3H3,(H,19,21). The molecule has 1 aromatic heterocycles. The molecule has 0 saturated heterocycles. The number of nitrogens with zero attached hydrogens (tertiary/aromatic N) is 2. The smallest absolute Gasteiger partial charge is 0.321 e. The molecule has 0 bridgehead atoms. The van der Waals surface area contributed by atoms with Crippen molar-refractivity contribution in [2.75, 3.05) is 18.6 Å². The summed E-state index contributed by atoms with van der Waals surface area (Å²) in [7, 11) is 0.252. The summed E-state index contributed by atoms with van der Waals surface area (Å²) in [5, 5.41) is 2.63. The predicted molar refractivity (Wildman–Crippen MR) is 88.2 cm³/mol. The summed E-state index contributed by atoms with van der Waals surface area (Å²) in [5.41, 5.74) is 1.26. The van der Waals surface area contributed by atoms with E-state index in [2.05, 4.69) is 10.3 Å². The number of carbonyl (C=O) groups excluding carboxylic acids is 1. The van der Waals surface area contributed by atoms with E-state index in [-0.39, 0.29) is 17.0 Å². The highest BCUT2D eigenvalue weighted by atomic mass is 32.2. The first kappa shape index (κ1) is 17.1. The molecular weight excluding hydrogens is 317 g/mol. The number of nitrogens with one attached hydrogen (secondary N) is 1. The Morgan fingerprint density at radius 2 is 1.96 bits per heavy atom. The second kappa shape index (κ2) is 7.32. The first-order valence-corrected chi connectivity index (χ1v) is 8.52. The topological polar surface area (TPSA) is 62.3 Å². The van der Waals surface area contributed by atoms with Crippen molar-refractivity contribution in [3.8, 4) is 0 Å². The van der Waals surface area contributed by atoms with Crippen LogP contribution >= 0.6 is 0 Å². The minimum Gasteiger partial charge on any atom is -0.321 e. The van der Waals surface area contributed by atoms with Crippen LogP contribution in [0, 0.1) is 5.82 Å². The molecule has 0 aliphatic carbocycles. The second-order valence-electron chi connectivity index (χ2n) is 5.10. The molecule has 2 unspecified atom stereocenters. The third-order valence-corrected chi connectivity index (χ3v) is 4.53. The van der Waals surface area contributed by atoms with E-state index >= 15 is 0 Å². The molecule has 2 amide bonds. The minimum absolute atomic E-state index is 0.113. The number of pyridine rings is 1. The average molecular weight is 335 g/mol. The maximum Gasteiger partial charge on any atom is 0.322 e. The average Bonchev–Trinajstić information content (AvgIpc) is 2.54. The molecule has 5 nitrogen and oxygen atoms in total. The van der Waals surface area contributed by atoms with Gasteiger partial charge in [-0.3, -0.25) is 9.19 Å². The lowest BCUT2D eigenvalue weighted by molar-refractivity contribution is 0.208. The van der Waals surface area contributed by atoms with Gasteiger partial charge in [0.05, 0.1) is 21.7 Å². The van der Waals surface area contributed by atoms with Gasteiger partial charge in [-0.15, -0.1) is 0 Å². The number of anilines is 1. The highest BCUT2D eigenvalue weighted by Crippen LogP contribution is 2.21. The Hall–Kier alpha value is -2.28. The second-order valence-corrected chi connectivity index (χ2v) is 6.44. The van der Waals surface area contributed by atoms with Gasteiger partial charge in [0.2, 0.25) is 0 Å². The Labute approximate surface area is 137 Å². The third kappa shape index (κ3) is 4.13. The van der Waals surface area contributed by atoms with Crippen molar-refractivity contribution >= 4 is 22.5 Å². The molecule has 2 rings (SSSR count). The molecule has 1 aromatic carbocycles. The van der Waals surface area contributed by atoms with E-state index in [1.54, 1.807) is 19.4 Å². The number of carbonyl (C=O) groups is 1. The summed E-state index contributed by atoms with van der Waals surface area (Å²) in [4.78, 5) is 17.8. The predicted octanol–water partition coefficient (Wildman–Crippen LogP) is 3.18. The van der Waals surface area contributed by atoms with Crippen molar-refractivity contribution in [3.63, 3.8) is 0 Å². The lowest BCUT2D eigenvalue weighted by Gasteiger charge is -2.25. The van der Waals surface area contributed by atoms with Crippen LogP contribution in [-0.4, -0.2) is 33.4 Å². The van der Waals surface area contributed by atoms with Gasteiger partial charge in [-0.25, -0.2) is 9.18 Å². The fourth-order valence-corrected chi connectivity index (χ4v) is 2.66. The van der Waals surface area contributed by atoms with Crippen LogP contribution in [0.15, 0.2) is 47.6 Å². The first-order chi connectivity index (χ1) is 10.9. The zero-order valence-corrected chi connectivity index (χ0v) is 13.9. The maximum absolute atomic E-state index is 13.8. The molecular formula is C16H18FN3O2S. The van der Waals surface area contributed by atoms with E-state index in [9.17, 15) is 13.4 Å². The van der Waals surface area contributed by atoms with Crippen molar-refractivity contribution in [2.24, 2.45) is 0 Å². The molecule has 0 aliphatic heterocycles. The molecule has 1 heterocycles. The highest BCUT2D eigenvalue weighted by molar-refractivity contribution is 7.84. The zero-order chi connectivity index (χ0) is 17.0. The molecule has 0 saturated carbocycles. The zero-order valence-electron chi connectivity index (χ0n) is 13.1. The van der Waals surface area contributed by atoms with E-state index in [0.29, 0.717) is 5.69 Å². The Morgan fingerprint density at radius 1 is 1.30 bits per heavy atom. The largest absolute Gasteiger partial charge is 0.322 e. The van der Waals surface area contributed by atoms with Gasteiger partial charge in [-0.1, -0.05) is 0 Å². The van der Waals surface area contributed by atoms with Gasteiger partial charge >= 0.3 is 6.03 Å². The van der Waals surface area contributed by atoms with Crippen LogP contribution in [0.4, 0.5) is 14.9 Å². The summed E-state index contributed by atoms with van der Waals surface area (Å²) in [5.74, 6) is -0.603. The lowest BCUT2D eigenvalue weighted by Crippen LogP contribution is -2.33. The molecule has 23 heavy (non-hydrogen) atoms. The molecule has 0 fully saturated rings. The van der Waals surface area contributed by atoms with Gasteiger partial charge in [-0.2, -0.15) is 0 Å². The van der Waals surface area contributed by atoms with Gasteiger partial charge in [-0.05, 0) is 42.8 Å². The normalized spacial score (nSPS) is 13.2. The number of hydrogen-bond donors (Lipinski definition) is 1. The number of urea groups is 1. The van der Waals surface area contributed by atoms with Crippen LogP contribution in [0.3, 0.4) is 0 Å². The van der Waals surface area contributed by atoms with Crippen LogP contribution in [0.2, 0.25) is 0 Å². The summed E-state index contributed by atoms with van der Waals surface area (Å²) < 4.78 is 25.1. The van der Waals surface area contributed by atoms with E-state index in [0.717, 1.165) is 5.56 Å². The molecule has 0 spiro atoms. The van der Waals surface area contributed by atoms with Crippen molar-refractivity contribution in [2.45, 2.75) is 17.9 Å². The van der Waals surface area contributed by atoms with Crippen molar-refractivity contribution < 1.29 is 13.4 Å². The maximum atomic E-state index is 13.8. The van der Waals surface area contributed by atoms with Gasteiger partial charge in [0.15, 0.2) is 0 Å². The van der Waals surface area contributed by atoms with Crippen LogP contribution in [0.1, 0.15) is 18.5 Å². The molecule has 2 atom stereocenters. The van der Waals surface area contributed by atoms with Crippen LogP contribution < -0.4 is 5.32 Å². The van der Waals surface area contributed by atoms with E-state index in [4.69, 9.17) is 0 Å². The van der Waals surface area contributed by atoms with Gasteiger partial charge in [0.25, 0.3) is 0 Å². The molecule has 122 valence electrons. The van der Waals surface area contributed by atoms with E-state index < -0.39 is 16.6 Å². The summed E-state index contributed by atoms with van der Waals surface area (Å²) >= 11 is 0. The van der Waals surface area contributed by atoms with Crippen molar-refractivity contribution in [3.05, 3.63) is 54.1 Å². The summed E-state index contributed by atoms with van der Waals surface area (Å²) in [6.07, 6.45) is 4.73. The van der Waals surface area contributed by atoms with Crippen LogP contribution in [0.5, 0.6) is 0 Å². The number of aromatic nitrogens is 1. The SMILES string of the molecule is CC(c1ccncc1)N(C)C(=O)Nc1ccc(S(C)=O)c(F)c1. The van der Waals surface area contributed by atoms with Gasteiger partial charge < -0.3 is 10.2 Å². The Morgan fingerprint density at radius 3 is 2.52 bits per heavy atom. The highest BCUT2D eigenvalue weighted by Gasteiger charge is 2.18. The Bertz CT molecular complexity index is 725. The van der Waals surface area contributed by atoms with Crippen LogP contribution in [0.25, 0.3) is 0 Å². The summed E-state index contributed by atoms with van der Waals surface area (Å²) in [6.45, 7) is 1.89. The van der Waals surface area contributed by atoms with Gasteiger partial charge in [0.1, 0.15) is 5.82 Å². The fraction of sp³-hybridized carbons (Fsp3) is 0.250. The van der Waals surface area contributed by atoms with Crippen LogP contribution in [-0.2, 0) is 10.8 Å². The Kier molecular flexibility index (Phi) is 5.44. The number of halogens is 1. The number of amides is 2. The first-order valence-electron chi connectivity index (χ1n) is 6.97. The fourth-order valence-electron chi connectivity index (χ4n) is 2.06. The third-order valence-electron chi connectivity index (χ3n) is 3.58. The van der Waals surface area contributed by atoms with Crippen molar-refractivity contribution in [1.29, 1.82) is 0 Å². The number of hydrogen-bond acceptors (Lipinski definition) is 3. The van der Waals surface area contributed by atoms with E-state index in [1.165, 1.54) is 29.4 Å². The lowest BCUT2D eigenvalue weighted by atomic mass is 10.1. The molecule has 1 N–H and O–H groups in total. The Balaban J connectivity index is 2.09. The molecule has 7 heteroatoms. The summed E-state index contributed by atoms with van der Waals surface area (Å²) in [6, 6.07) is 7.25. The molecule has 2 aromatic rings. The quantitative estimate of drug-likeness (QED) is 0.933. The van der Waals surface area contributed by atoms with Gasteiger partial charge in [0, 0.05) is 31.4 Å². The molecule has 0 radical (unpaired) electrons. The minimum atomic E-state index is -1.41.